The number of anilines is 1. The molecule has 0 radical (unpaired) electrons. The van der Waals surface area contributed by atoms with Crippen molar-refractivity contribution >= 4 is 39.3 Å². The topological polar surface area (TPSA) is 86.8 Å². The first-order valence-corrected chi connectivity index (χ1v) is 13.3. The number of benzene rings is 2. The number of sulfonamides is 1. The molecule has 0 saturated carbocycles. The van der Waals surface area contributed by atoms with Gasteiger partial charge in [0.15, 0.2) is 0 Å². The molecule has 2 saturated heterocycles. The molecule has 2 aliphatic heterocycles. The van der Waals surface area contributed by atoms with Crippen molar-refractivity contribution in [2.45, 2.75) is 35.5 Å². The van der Waals surface area contributed by atoms with E-state index in [-0.39, 0.29) is 16.7 Å². The number of rotatable bonds is 7. The van der Waals surface area contributed by atoms with Crippen LogP contribution >= 0.6 is 11.8 Å². The second-order valence-electron chi connectivity index (χ2n) is 7.96. The van der Waals surface area contributed by atoms with E-state index in [0.29, 0.717) is 30.1 Å². The van der Waals surface area contributed by atoms with Crippen LogP contribution in [0.15, 0.2) is 58.3 Å². The molecule has 2 amide bonds. The largest absolute Gasteiger partial charge is 0.342 e. The summed E-state index contributed by atoms with van der Waals surface area (Å²) in [7, 11) is -3.48. The zero-order valence-corrected chi connectivity index (χ0v) is 19.5. The van der Waals surface area contributed by atoms with Gasteiger partial charge in [-0.1, -0.05) is 12.1 Å². The summed E-state index contributed by atoms with van der Waals surface area (Å²) < 4.78 is 26.8. The van der Waals surface area contributed by atoms with Crippen LogP contribution in [-0.4, -0.2) is 61.4 Å². The van der Waals surface area contributed by atoms with Crippen LogP contribution in [0.1, 0.15) is 36.0 Å². The lowest BCUT2D eigenvalue weighted by molar-refractivity contribution is -0.127. The Morgan fingerprint density at radius 2 is 1.50 bits per heavy atom. The molecule has 0 unspecified atom stereocenters. The highest BCUT2D eigenvalue weighted by Crippen LogP contribution is 2.26. The van der Waals surface area contributed by atoms with Crippen molar-refractivity contribution in [1.29, 1.82) is 0 Å². The number of nitrogens with one attached hydrogen (secondary N) is 1. The molecule has 2 aromatic carbocycles. The Morgan fingerprint density at radius 1 is 0.875 bits per heavy atom. The molecule has 2 aromatic rings. The molecular formula is C23H27N3O4S2. The van der Waals surface area contributed by atoms with Gasteiger partial charge in [0.05, 0.1) is 16.2 Å². The Hall–Kier alpha value is -2.36. The van der Waals surface area contributed by atoms with Crippen LogP contribution in [0.25, 0.3) is 0 Å². The third kappa shape index (κ3) is 5.16. The van der Waals surface area contributed by atoms with Crippen molar-refractivity contribution in [1.82, 2.24) is 9.21 Å². The number of hydrogen-bond donors (Lipinski definition) is 1. The van der Waals surface area contributed by atoms with Gasteiger partial charge in [-0.25, -0.2) is 8.42 Å². The lowest BCUT2D eigenvalue weighted by Crippen LogP contribution is -2.29. The normalized spacial score (nSPS) is 16.9. The average Bonchev–Trinajstić information content (AvgIpc) is 3.53. The van der Waals surface area contributed by atoms with Gasteiger partial charge in [0.1, 0.15) is 0 Å². The zero-order valence-electron chi connectivity index (χ0n) is 17.8. The predicted octanol–water partition coefficient (Wildman–Crippen LogP) is 3.44. The van der Waals surface area contributed by atoms with Crippen LogP contribution in [0.4, 0.5) is 5.69 Å². The minimum atomic E-state index is -3.48. The van der Waals surface area contributed by atoms with Gasteiger partial charge < -0.3 is 10.2 Å². The van der Waals surface area contributed by atoms with Crippen molar-refractivity contribution in [3.8, 4) is 0 Å². The number of carbonyl (C=O) groups is 2. The standard InChI is InChI=1S/C23H27N3O4S2/c27-22(25-13-3-4-14-25)17-31-21-8-2-1-7-20(21)23(28)24-18-9-11-19(12-10-18)32(29,30)26-15-5-6-16-26/h1-2,7-12H,3-6,13-17H2,(H,24,28). The molecule has 7 nitrogen and oxygen atoms in total. The third-order valence-electron chi connectivity index (χ3n) is 5.76. The summed E-state index contributed by atoms with van der Waals surface area (Å²) >= 11 is 1.36. The molecular weight excluding hydrogens is 446 g/mol. The minimum Gasteiger partial charge on any atom is -0.342 e. The molecule has 32 heavy (non-hydrogen) atoms. The summed E-state index contributed by atoms with van der Waals surface area (Å²) in [4.78, 5) is 28.1. The molecule has 0 aliphatic carbocycles. The average molecular weight is 474 g/mol. The second-order valence-corrected chi connectivity index (χ2v) is 10.9. The van der Waals surface area contributed by atoms with Crippen molar-refractivity contribution in [2.75, 3.05) is 37.2 Å². The number of carbonyl (C=O) groups excluding carboxylic acids is 2. The fraction of sp³-hybridized carbons (Fsp3) is 0.391. The van der Waals surface area contributed by atoms with Crippen molar-refractivity contribution in [2.24, 2.45) is 0 Å². The molecule has 0 bridgehead atoms. The number of thioether (sulfide) groups is 1. The molecule has 2 aliphatic rings. The first kappa shape index (κ1) is 22.8. The quantitative estimate of drug-likeness (QED) is 0.623. The lowest BCUT2D eigenvalue weighted by Gasteiger charge is -2.16. The Labute approximate surface area is 193 Å². The fourth-order valence-electron chi connectivity index (χ4n) is 3.96. The maximum absolute atomic E-state index is 12.9. The van der Waals surface area contributed by atoms with E-state index in [9.17, 15) is 18.0 Å². The lowest BCUT2D eigenvalue weighted by atomic mass is 10.2. The Balaban J connectivity index is 1.41. The first-order valence-electron chi connectivity index (χ1n) is 10.9. The molecule has 2 heterocycles. The second kappa shape index (κ2) is 10.1. The molecule has 4 rings (SSSR count). The van der Waals surface area contributed by atoms with Crippen LogP contribution in [0.5, 0.6) is 0 Å². The first-order chi connectivity index (χ1) is 15.4. The summed E-state index contributed by atoms with van der Waals surface area (Å²) in [6, 6.07) is 13.5. The number of nitrogens with zero attached hydrogens (tertiary/aromatic N) is 2. The van der Waals surface area contributed by atoms with E-state index in [0.717, 1.165) is 43.7 Å². The van der Waals surface area contributed by atoms with E-state index < -0.39 is 10.0 Å². The minimum absolute atomic E-state index is 0.0949. The monoisotopic (exact) mass is 473 g/mol. The maximum atomic E-state index is 12.9. The molecule has 9 heteroatoms. The SMILES string of the molecule is O=C(Nc1ccc(S(=O)(=O)N2CCCC2)cc1)c1ccccc1SCC(=O)N1CCCC1. The highest BCUT2D eigenvalue weighted by atomic mass is 32.2. The Morgan fingerprint density at radius 3 is 2.19 bits per heavy atom. The predicted molar refractivity (Wildman–Crippen MR) is 125 cm³/mol. The van der Waals surface area contributed by atoms with Crippen LogP contribution in [0.2, 0.25) is 0 Å². The van der Waals surface area contributed by atoms with E-state index in [4.69, 9.17) is 0 Å². The van der Waals surface area contributed by atoms with E-state index in [1.54, 1.807) is 24.3 Å². The van der Waals surface area contributed by atoms with Crippen molar-refractivity contribution in [3.05, 3.63) is 54.1 Å². The molecule has 0 spiro atoms. The van der Waals surface area contributed by atoms with E-state index in [1.807, 2.05) is 17.0 Å². The molecule has 0 atom stereocenters. The third-order valence-corrected chi connectivity index (χ3v) is 8.73. The summed E-state index contributed by atoms with van der Waals surface area (Å²) in [5.74, 6) is 0.0993. The Kier molecular flexibility index (Phi) is 7.17. The van der Waals surface area contributed by atoms with E-state index in [1.165, 1.54) is 28.2 Å². The summed E-state index contributed by atoms with van der Waals surface area (Å²) in [6.45, 7) is 2.72. The summed E-state index contributed by atoms with van der Waals surface area (Å²) in [5, 5.41) is 2.83. The maximum Gasteiger partial charge on any atom is 0.256 e. The number of amides is 2. The zero-order chi connectivity index (χ0) is 22.6. The molecule has 170 valence electrons. The van der Waals surface area contributed by atoms with Crippen LogP contribution in [-0.2, 0) is 14.8 Å². The van der Waals surface area contributed by atoms with Gasteiger partial charge in [0.25, 0.3) is 5.91 Å². The van der Waals surface area contributed by atoms with Gasteiger partial charge in [0, 0.05) is 36.8 Å². The van der Waals surface area contributed by atoms with E-state index in [2.05, 4.69) is 5.32 Å². The smallest absolute Gasteiger partial charge is 0.256 e. The van der Waals surface area contributed by atoms with Gasteiger partial charge in [-0.2, -0.15) is 4.31 Å². The number of hydrogen-bond acceptors (Lipinski definition) is 5. The molecule has 2 fully saturated rings. The van der Waals surface area contributed by atoms with Crippen molar-refractivity contribution < 1.29 is 18.0 Å². The highest BCUT2D eigenvalue weighted by Gasteiger charge is 2.27. The van der Waals surface area contributed by atoms with Gasteiger partial charge in [-0.3, -0.25) is 9.59 Å². The molecule has 0 aromatic heterocycles. The van der Waals surface area contributed by atoms with Gasteiger partial charge in [-0.15, -0.1) is 11.8 Å². The van der Waals surface area contributed by atoms with Crippen LogP contribution < -0.4 is 5.32 Å². The highest BCUT2D eigenvalue weighted by molar-refractivity contribution is 8.00. The van der Waals surface area contributed by atoms with Crippen LogP contribution in [0, 0.1) is 0 Å². The summed E-state index contributed by atoms with van der Waals surface area (Å²) in [5.41, 5.74) is 1.00. The van der Waals surface area contributed by atoms with Gasteiger partial charge in [-0.05, 0) is 62.1 Å². The van der Waals surface area contributed by atoms with Crippen molar-refractivity contribution in [3.63, 3.8) is 0 Å². The number of likely N-dealkylation sites (tertiary alicyclic amines) is 1. The molecule has 1 N–H and O–H groups in total. The van der Waals surface area contributed by atoms with Crippen LogP contribution in [0.3, 0.4) is 0 Å². The van der Waals surface area contributed by atoms with Gasteiger partial charge in [0.2, 0.25) is 15.9 Å². The van der Waals surface area contributed by atoms with E-state index >= 15 is 0 Å². The van der Waals surface area contributed by atoms with Gasteiger partial charge >= 0.3 is 0 Å². The summed E-state index contributed by atoms with van der Waals surface area (Å²) in [6.07, 6.45) is 3.86. The Bertz CT molecular complexity index is 1070. The fourth-order valence-corrected chi connectivity index (χ4v) is 6.43.